The van der Waals surface area contributed by atoms with E-state index >= 15 is 0 Å². The van der Waals surface area contributed by atoms with Crippen LogP contribution in [0.25, 0.3) is 0 Å². The van der Waals surface area contributed by atoms with Gasteiger partial charge in [-0.1, -0.05) is 12.8 Å². The first-order valence-electron chi connectivity index (χ1n) is 6.25. The van der Waals surface area contributed by atoms with E-state index in [1.165, 1.54) is 18.5 Å². The van der Waals surface area contributed by atoms with Crippen molar-refractivity contribution in [3.63, 3.8) is 0 Å². The molecular weight excluding hydrogens is 248 g/mol. The zero-order chi connectivity index (χ0) is 13.8. The van der Waals surface area contributed by atoms with Crippen LogP contribution >= 0.6 is 0 Å². The van der Waals surface area contributed by atoms with Gasteiger partial charge in [-0.25, -0.2) is 0 Å². The highest BCUT2D eigenvalue weighted by atomic mass is 16.4. The number of aliphatic carboxylic acids is 1. The van der Waals surface area contributed by atoms with Crippen LogP contribution in [0.5, 0.6) is 5.75 Å². The van der Waals surface area contributed by atoms with E-state index in [9.17, 15) is 14.7 Å². The lowest BCUT2D eigenvalue weighted by molar-refractivity contribution is -0.143. The lowest BCUT2D eigenvalue weighted by Crippen LogP contribution is -2.45. The van der Waals surface area contributed by atoms with E-state index in [1.807, 2.05) is 0 Å². The van der Waals surface area contributed by atoms with Gasteiger partial charge in [0.15, 0.2) is 0 Å². The molecule has 0 aliphatic heterocycles. The van der Waals surface area contributed by atoms with Crippen molar-refractivity contribution in [1.29, 1.82) is 0 Å². The molecule has 0 radical (unpaired) electrons. The Morgan fingerprint density at radius 3 is 2.68 bits per heavy atom. The Hall–Kier alpha value is -2.11. The average Bonchev–Trinajstić information content (AvgIpc) is 2.39. The van der Waals surface area contributed by atoms with Crippen molar-refractivity contribution >= 4 is 11.9 Å². The minimum absolute atomic E-state index is 0.0916. The molecule has 102 valence electrons. The first kappa shape index (κ1) is 13.3. The van der Waals surface area contributed by atoms with Crippen LogP contribution in [0.2, 0.25) is 0 Å². The summed E-state index contributed by atoms with van der Waals surface area (Å²) in [5.41, 5.74) is 0.231. The van der Waals surface area contributed by atoms with Crippen LogP contribution in [-0.2, 0) is 4.79 Å². The first-order valence-corrected chi connectivity index (χ1v) is 6.25. The Kier molecular flexibility index (Phi) is 3.99. The number of carbonyl (C=O) groups is 2. The third-order valence-corrected chi connectivity index (χ3v) is 3.39. The second kappa shape index (κ2) is 5.69. The molecule has 1 aliphatic rings. The third-order valence-electron chi connectivity index (χ3n) is 3.39. The van der Waals surface area contributed by atoms with Gasteiger partial charge in [0.1, 0.15) is 5.75 Å². The van der Waals surface area contributed by atoms with Crippen molar-refractivity contribution in [2.24, 2.45) is 5.92 Å². The second-order valence-corrected chi connectivity index (χ2v) is 4.74. The highest BCUT2D eigenvalue weighted by Gasteiger charge is 2.31. The number of aromatic nitrogens is 1. The highest BCUT2D eigenvalue weighted by molar-refractivity contribution is 5.94. The van der Waals surface area contributed by atoms with E-state index in [0.717, 1.165) is 12.8 Å². The smallest absolute Gasteiger partial charge is 0.308 e. The molecule has 1 saturated carbocycles. The lowest BCUT2D eigenvalue weighted by atomic mass is 9.84. The fourth-order valence-electron chi connectivity index (χ4n) is 2.40. The van der Waals surface area contributed by atoms with Crippen molar-refractivity contribution < 1.29 is 19.8 Å². The fourth-order valence-corrected chi connectivity index (χ4v) is 2.40. The topological polar surface area (TPSA) is 99.5 Å². The summed E-state index contributed by atoms with van der Waals surface area (Å²) in [6.07, 6.45) is 5.60. The van der Waals surface area contributed by atoms with Crippen LogP contribution in [0.15, 0.2) is 18.5 Å². The largest absolute Gasteiger partial charge is 0.506 e. The lowest BCUT2D eigenvalue weighted by Gasteiger charge is -2.29. The van der Waals surface area contributed by atoms with Gasteiger partial charge in [0.25, 0.3) is 5.91 Å². The normalized spacial score (nSPS) is 22.7. The van der Waals surface area contributed by atoms with Crippen molar-refractivity contribution in [2.45, 2.75) is 31.7 Å². The monoisotopic (exact) mass is 264 g/mol. The van der Waals surface area contributed by atoms with Gasteiger partial charge in [0, 0.05) is 12.2 Å². The summed E-state index contributed by atoms with van der Waals surface area (Å²) in [5, 5.41) is 21.1. The van der Waals surface area contributed by atoms with Crippen molar-refractivity contribution in [3.05, 3.63) is 24.0 Å². The number of carbonyl (C=O) groups excluding carboxylic acids is 1. The minimum atomic E-state index is -0.876. The van der Waals surface area contributed by atoms with Crippen LogP contribution in [0.1, 0.15) is 36.0 Å². The maximum Gasteiger partial charge on any atom is 0.308 e. The summed E-state index contributed by atoms with van der Waals surface area (Å²) < 4.78 is 0. The Bertz CT molecular complexity index is 489. The number of nitrogens with one attached hydrogen (secondary N) is 1. The molecule has 2 rings (SSSR count). The molecule has 1 fully saturated rings. The summed E-state index contributed by atoms with van der Waals surface area (Å²) in [7, 11) is 0. The Balaban J connectivity index is 2.07. The molecule has 0 spiro atoms. The molecule has 1 aromatic rings. The molecule has 0 saturated heterocycles. The summed E-state index contributed by atoms with van der Waals surface area (Å²) in [6, 6.07) is 0.946. The van der Waals surface area contributed by atoms with Gasteiger partial charge in [-0.2, -0.15) is 0 Å². The van der Waals surface area contributed by atoms with Crippen LogP contribution < -0.4 is 5.32 Å². The van der Waals surface area contributed by atoms with Gasteiger partial charge in [0.2, 0.25) is 0 Å². The molecule has 0 aromatic carbocycles. The Labute approximate surface area is 110 Å². The molecule has 2 atom stereocenters. The molecule has 1 heterocycles. The maximum absolute atomic E-state index is 12.0. The predicted octanol–water partition coefficient (Wildman–Crippen LogP) is 1.16. The summed E-state index contributed by atoms with van der Waals surface area (Å²) in [6.45, 7) is 0. The number of hydrogen-bond acceptors (Lipinski definition) is 4. The standard InChI is InChI=1S/C13H16N2O4/c16-9-5-8(6-14-7-9)12(17)15-11-4-2-1-3-10(11)13(18)19/h5-7,10-11,16H,1-4H2,(H,15,17)(H,18,19). The quantitative estimate of drug-likeness (QED) is 0.760. The predicted molar refractivity (Wildman–Crippen MR) is 66.7 cm³/mol. The van der Waals surface area contributed by atoms with E-state index in [2.05, 4.69) is 10.3 Å². The number of carboxylic acids is 1. The van der Waals surface area contributed by atoms with E-state index in [-0.39, 0.29) is 17.4 Å². The third kappa shape index (κ3) is 3.21. The van der Waals surface area contributed by atoms with Crippen LogP contribution in [0.4, 0.5) is 0 Å². The average molecular weight is 264 g/mol. The fraction of sp³-hybridized carbons (Fsp3) is 0.462. The molecule has 6 heteroatoms. The van der Waals surface area contributed by atoms with Gasteiger partial charge in [-0.05, 0) is 18.9 Å². The molecule has 1 amide bonds. The molecule has 6 nitrogen and oxygen atoms in total. The molecular formula is C13H16N2O4. The van der Waals surface area contributed by atoms with Gasteiger partial charge >= 0.3 is 5.97 Å². The minimum Gasteiger partial charge on any atom is -0.506 e. The van der Waals surface area contributed by atoms with Gasteiger partial charge in [-0.3, -0.25) is 14.6 Å². The van der Waals surface area contributed by atoms with Crippen LogP contribution in [-0.4, -0.2) is 33.1 Å². The van der Waals surface area contributed by atoms with Gasteiger partial charge in [-0.15, -0.1) is 0 Å². The Morgan fingerprint density at radius 2 is 2.00 bits per heavy atom. The van der Waals surface area contributed by atoms with Gasteiger partial charge in [0.05, 0.1) is 17.7 Å². The zero-order valence-electron chi connectivity index (χ0n) is 10.4. The molecule has 1 aliphatic carbocycles. The maximum atomic E-state index is 12.0. The van der Waals surface area contributed by atoms with E-state index in [0.29, 0.717) is 12.8 Å². The van der Waals surface area contributed by atoms with Crippen LogP contribution in [0, 0.1) is 5.92 Å². The second-order valence-electron chi connectivity index (χ2n) is 4.74. The zero-order valence-corrected chi connectivity index (χ0v) is 10.4. The van der Waals surface area contributed by atoms with Crippen molar-refractivity contribution in [3.8, 4) is 5.75 Å². The molecule has 3 N–H and O–H groups in total. The molecule has 2 unspecified atom stereocenters. The number of rotatable bonds is 3. The van der Waals surface area contributed by atoms with E-state index in [1.54, 1.807) is 0 Å². The number of aromatic hydroxyl groups is 1. The molecule has 1 aromatic heterocycles. The summed E-state index contributed by atoms with van der Waals surface area (Å²) >= 11 is 0. The van der Waals surface area contributed by atoms with Crippen molar-refractivity contribution in [1.82, 2.24) is 10.3 Å². The number of pyridine rings is 1. The SMILES string of the molecule is O=C(NC1CCCCC1C(=O)O)c1cncc(O)c1. The van der Waals surface area contributed by atoms with Crippen molar-refractivity contribution in [2.75, 3.05) is 0 Å². The Morgan fingerprint density at radius 1 is 1.26 bits per heavy atom. The van der Waals surface area contributed by atoms with Gasteiger partial charge < -0.3 is 15.5 Å². The molecule has 19 heavy (non-hydrogen) atoms. The summed E-state index contributed by atoms with van der Waals surface area (Å²) in [4.78, 5) is 26.8. The van der Waals surface area contributed by atoms with E-state index < -0.39 is 17.8 Å². The molecule has 0 bridgehead atoms. The van der Waals surface area contributed by atoms with Crippen LogP contribution in [0.3, 0.4) is 0 Å². The highest BCUT2D eigenvalue weighted by Crippen LogP contribution is 2.25. The summed E-state index contributed by atoms with van der Waals surface area (Å²) in [5.74, 6) is -1.91. The number of hydrogen-bond donors (Lipinski definition) is 3. The number of nitrogens with zero attached hydrogens (tertiary/aromatic N) is 1. The first-order chi connectivity index (χ1) is 9.08. The number of carboxylic acid groups (broad SMARTS) is 1. The van der Waals surface area contributed by atoms with E-state index in [4.69, 9.17) is 5.11 Å². The number of amides is 1.